The van der Waals surface area contributed by atoms with Gasteiger partial charge >= 0.3 is 0 Å². The molecule has 2 aromatic rings. The molecule has 4 nitrogen and oxygen atoms in total. The Bertz CT molecular complexity index is 796. The highest BCUT2D eigenvalue weighted by Crippen LogP contribution is 2.28. The summed E-state index contributed by atoms with van der Waals surface area (Å²) in [4.78, 5) is 28.3. The van der Waals surface area contributed by atoms with Crippen LogP contribution in [0.4, 0.5) is 10.1 Å². The van der Waals surface area contributed by atoms with Crippen molar-refractivity contribution in [1.82, 2.24) is 4.90 Å². The number of carbonyl (C=O) groups excluding carboxylic acids is 2. The summed E-state index contributed by atoms with van der Waals surface area (Å²) in [6, 6.07) is 11.9. The summed E-state index contributed by atoms with van der Waals surface area (Å²) in [5.41, 5.74) is 0.870. The van der Waals surface area contributed by atoms with Crippen molar-refractivity contribution >= 4 is 29.1 Å². The minimum atomic E-state index is -0.647. The van der Waals surface area contributed by atoms with E-state index in [4.69, 9.17) is 11.6 Å². The summed E-state index contributed by atoms with van der Waals surface area (Å²) < 4.78 is 13.3. The minimum Gasteiger partial charge on any atom is -0.325 e. The third kappa shape index (κ3) is 2.99. The van der Waals surface area contributed by atoms with Gasteiger partial charge in [-0.2, -0.15) is 0 Å². The van der Waals surface area contributed by atoms with E-state index in [9.17, 15) is 14.0 Å². The van der Waals surface area contributed by atoms with Crippen LogP contribution in [0.5, 0.6) is 0 Å². The maximum atomic E-state index is 13.3. The molecule has 1 aliphatic rings. The van der Waals surface area contributed by atoms with Crippen molar-refractivity contribution in [1.29, 1.82) is 0 Å². The fraction of sp³-hybridized carbons (Fsp3) is 0.222. The molecule has 124 valence electrons. The standard InChI is InChI=1S/C18H16ClFN2O2/c1-12-17(23)22(16-8-3-2-7-15(16)19)10-9-21(12)18(24)13-5-4-6-14(20)11-13/h2-8,11-12H,9-10H2,1H3. The van der Waals surface area contributed by atoms with E-state index in [1.807, 2.05) is 6.07 Å². The zero-order valence-electron chi connectivity index (χ0n) is 13.1. The molecule has 0 radical (unpaired) electrons. The maximum Gasteiger partial charge on any atom is 0.254 e. The summed E-state index contributed by atoms with van der Waals surface area (Å²) in [5, 5.41) is 0.489. The predicted molar refractivity (Wildman–Crippen MR) is 90.7 cm³/mol. The Morgan fingerprint density at radius 1 is 1.17 bits per heavy atom. The van der Waals surface area contributed by atoms with Gasteiger partial charge in [0.2, 0.25) is 5.91 Å². The number of nitrogens with zero attached hydrogens (tertiary/aromatic N) is 2. The third-order valence-corrected chi connectivity index (χ3v) is 4.45. The lowest BCUT2D eigenvalue weighted by Crippen LogP contribution is -2.57. The lowest BCUT2D eigenvalue weighted by molar-refractivity contribution is -0.124. The maximum absolute atomic E-state index is 13.3. The van der Waals surface area contributed by atoms with Crippen LogP contribution in [0, 0.1) is 5.82 Å². The van der Waals surface area contributed by atoms with Crippen LogP contribution in [0.15, 0.2) is 48.5 Å². The molecule has 6 heteroatoms. The fourth-order valence-corrected chi connectivity index (χ4v) is 3.08. The number of rotatable bonds is 2. The number of hydrogen-bond donors (Lipinski definition) is 0. The Morgan fingerprint density at radius 3 is 2.62 bits per heavy atom. The van der Waals surface area contributed by atoms with Gasteiger partial charge in [-0.3, -0.25) is 9.59 Å². The SMILES string of the molecule is CC1C(=O)N(c2ccccc2Cl)CCN1C(=O)c1cccc(F)c1. The fourth-order valence-electron chi connectivity index (χ4n) is 2.84. The van der Waals surface area contributed by atoms with Gasteiger partial charge in [0, 0.05) is 18.7 Å². The van der Waals surface area contributed by atoms with Crippen molar-refractivity contribution in [2.75, 3.05) is 18.0 Å². The minimum absolute atomic E-state index is 0.209. The Hall–Kier alpha value is -2.40. The van der Waals surface area contributed by atoms with Crippen LogP contribution < -0.4 is 4.90 Å². The van der Waals surface area contributed by atoms with E-state index >= 15 is 0 Å². The van der Waals surface area contributed by atoms with Crippen LogP contribution in [-0.2, 0) is 4.79 Å². The number of hydrogen-bond acceptors (Lipinski definition) is 2. The zero-order valence-corrected chi connectivity index (χ0v) is 13.8. The molecule has 1 heterocycles. The van der Waals surface area contributed by atoms with Crippen LogP contribution in [0.25, 0.3) is 0 Å². The highest BCUT2D eigenvalue weighted by molar-refractivity contribution is 6.33. The van der Waals surface area contributed by atoms with Gasteiger partial charge in [-0.05, 0) is 37.3 Å². The van der Waals surface area contributed by atoms with Gasteiger partial charge in [0.05, 0.1) is 10.7 Å². The predicted octanol–water partition coefficient (Wildman–Crippen LogP) is 3.36. The topological polar surface area (TPSA) is 40.6 Å². The molecule has 0 spiro atoms. The molecule has 1 atom stereocenters. The summed E-state index contributed by atoms with van der Waals surface area (Å²) in [6.45, 7) is 2.37. The van der Waals surface area contributed by atoms with Crippen molar-refractivity contribution in [2.24, 2.45) is 0 Å². The first-order valence-electron chi connectivity index (χ1n) is 7.61. The molecule has 2 amide bonds. The van der Waals surface area contributed by atoms with Crippen LogP contribution in [0.2, 0.25) is 5.02 Å². The molecule has 0 aromatic heterocycles. The van der Waals surface area contributed by atoms with Gasteiger partial charge in [0.1, 0.15) is 11.9 Å². The molecule has 24 heavy (non-hydrogen) atoms. The second-order valence-corrected chi connectivity index (χ2v) is 6.03. The highest BCUT2D eigenvalue weighted by Gasteiger charge is 2.35. The quantitative estimate of drug-likeness (QED) is 0.836. The Balaban J connectivity index is 1.83. The van der Waals surface area contributed by atoms with Crippen LogP contribution >= 0.6 is 11.6 Å². The Morgan fingerprint density at radius 2 is 1.92 bits per heavy atom. The number of para-hydroxylation sites is 1. The summed E-state index contributed by atoms with van der Waals surface area (Å²) in [6.07, 6.45) is 0. The number of piperazine rings is 1. The number of amides is 2. The molecule has 1 aliphatic heterocycles. The molecular weight excluding hydrogens is 331 g/mol. The first-order chi connectivity index (χ1) is 11.5. The lowest BCUT2D eigenvalue weighted by Gasteiger charge is -2.39. The van der Waals surface area contributed by atoms with Gasteiger partial charge in [-0.1, -0.05) is 29.8 Å². The van der Waals surface area contributed by atoms with E-state index in [2.05, 4.69) is 0 Å². The van der Waals surface area contributed by atoms with Crippen LogP contribution in [0.3, 0.4) is 0 Å². The van der Waals surface area contributed by atoms with Gasteiger partial charge in [-0.25, -0.2) is 4.39 Å². The number of halogens is 2. The molecule has 3 rings (SSSR count). The van der Waals surface area contributed by atoms with Crippen molar-refractivity contribution in [3.8, 4) is 0 Å². The van der Waals surface area contributed by atoms with E-state index in [0.717, 1.165) is 0 Å². The first kappa shape index (κ1) is 16.5. The summed E-state index contributed by atoms with van der Waals surface area (Å²) in [7, 11) is 0. The zero-order chi connectivity index (χ0) is 17.3. The number of anilines is 1. The van der Waals surface area contributed by atoms with E-state index in [-0.39, 0.29) is 17.4 Å². The largest absolute Gasteiger partial charge is 0.325 e. The summed E-state index contributed by atoms with van der Waals surface area (Å²) >= 11 is 6.17. The molecule has 1 fully saturated rings. The Kier molecular flexibility index (Phi) is 4.53. The lowest BCUT2D eigenvalue weighted by atomic mass is 10.1. The van der Waals surface area contributed by atoms with Crippen molar-refractivity contribution in [2.45, 2.75) is 13.0 Å². The smallest absolute Gasteiger partial charge is 0.254 e. The average Bonchev–Trinajstić information content (AvgIpc) is 2.57. The molecular formula is C18H16ClFN2O2. The second-order valence-electron chi connectivity index (χ2n) is 5.63. The second kappa shape index (κ2) is 6.61. The molecule has 0 N–H and O–H groups in total. The molecule has 0 aliphatic carbocycles. The molecule has 1 unspecified atom stereocenters. The van der Waals surface area contributed by atoms with Gasteiger partial charge < -0.3 is 9.80 Å². The van der Waals surface area contributed by atoms with Crippen LogP contribution in [0.1, 0.15) is 17.3 Å². The van der Waals surface area contributed by atoms with E-state index < -0.39 is 11.9 Å². The van der Waals surface area contributed by atoms with Gasteiger partial charge in [-0.15, -0.1) is 0 Å². The monoisotopic (exact) mass is 346 g/mol. The normalized spacial score (nSPS) is 18.0. The molecule has 1 saturated heterocycles. The van der Waals surface area contributed by atoms with E-state index in [1.165, 1.54) is 23.1 Å². The van der Waals surface area contributed by atoms with E-state index in [0.29, 0.717) is 23.8 Å². The number of benzene rings is 2. The molecule has 2 aromatic carbocycles. The molecule has 0 saturated carbocycles. The average molecular weight is 347 g/mol. The number of carbonyl (C=O) groups is 2. The molecule has 0 bridgehead atoms. The summed E-state index contributed by atoms with van der Waals surface area (Å²) in [5.74, 6) is -1.04. The van der Waals surface area contributed by atoms with Crippen molar-refractivity contribution < 1.29 is 14.0 Å². The van der Waals surface area contributed by atoms with Crippen molar-refractivity contribution in [3.05, 3.63) is 64.9 Å². The van der Waals surface area contributed by atoms with Gasteiger partial charge in [0.25, 0.3) is 5.91 Å². The van der Waals surface area contributed by atoms with Crippen LogP contribution in [-0.4, -0.2) is 35.8 Å². The van der Waals surface area contributed by atoms with Gasteiger partial charge in [0.15, 0.2) is 0 Å². The first-order valence-corrected chi connectivity index (χ1v) is 7.99. The highest BCUT2D eigenvalue weighted by atomic mass is 35.5. The third-order valence-electron chi connectivity index (χ3n) is 4.13. The van der Waals surface area contributed by atoms with Crippen molar-refractivity contribution in [3.63, 3.8) is 0 Å². The Labute approximate surface area is 144 Å². The van der Waals surface area contributed by atoms with E-state index in [1.54, 1.807) is 36.1 Å².